The van der Waals surface area contributed by atoms with Crippen LogP contribution in [0.5, 0.6) is 5.75 Å². The average molecular weight is 430 g/mol. The summed E-state index contributed by atoms with van der Waals surface area (Å²) < 4.78 is 66.2. The van der Waals surface area contributed by atoms with E-state index in [2.05, 4.69) is 5.10 Å². The van der Waals surface area contributed by atoms with Crippen molar-refractivity contribution in [1.29, 1.82) is 0 Å². The Hall–Kier alpha value is -2.67. The van der Waals surface area contributed by atoms with Crippen molar-refractivity contribution < 1.29 is 31.1 Å². The molecule has 2 fully saturated rings. The lowest BCUT2D eigenvalue weighted by atomic mass is 10.1. The standard InChI is InChI=1S/C15H15FN4O6S2/c1-27(23,24)20-11(8-2-3-8)6-10(17-20)9-4-5-12(21)15(14(9)16)19-7-13(22)18-28(19,25)26/h4-6,8,21H,2-3,7H2,1H3,(H,18,22). The second kappa shape index (κ2) is 5.91. The van der Waals surface area contributed by atoms with E-state index >= 15 is 4.39 Å². The molecule has 2 heterocycles. The number of phenolic OH excluding ortho intramolecular Hbond substituents is 1. The molecule has 1 aromatic carbocycles. The smallest absolute Gasteiger partial charge is 0.326 e. The first-order valence-corrected chi connectivity index (χ1v) is 11.4. The van der Waals surface area contributed by atoms with Crippen LogP contribution in [-0.2, 0) is 25.0 Å². The Bertz CT molecular complexity index is 1220. The lowest BCUT2D eigenvalue weighted by Gasteiger charge is -2.18. The molecule has 13 heteroatoms. The van der Waals surface area contributed by atoms with Gasteiger partial charge in [0.2, 0.25) is 0 Å². The summed E-state index contributed by atoms with van der Waals surface area (Å²) in [6.07, 6.45) is 2.54. The number of carbonyl (C=O) groups excluding carboxylic acids is 1. The van der Waals surface area contributed by atoms with Gasteiger partial charge in [0.05, 0.1) is 17.6 Å². The van der Waals surface area contributed by atoms with Crippen molar-refractivity contribution in [2.75, 3.05) is 17.1 Å². The molecule has 1 saturated heterocycles. The van der Waals surface area contributed by atoms with Crippen LogP contribution in [0.3, 0.4) is 0 Å². The molecule has 1 aliphatic heterocycles. The molecule has 2 N–H and O–H groups in total. The van der Waals surface area contributed by atoms with E-state index in [0.29, 0.717) is 10.00 Å². The maximum absolute atomic E-state index is 15.2. The van der Waals surface area contributed by atoms with E-state index < -0.39 is 49.9 Å². The molecule has 0 radical (unpaired) electrons. The molecule has 150 valence electrons. The van der Waals surface area contributed by atoms with E-state index in [1.165, 1.54) is 6.07 Å². The van der Waals surface area contributed by atoms with Gasteiger partial charge in [-0.15, -0.1) is 0 Å². The second-order valence-corrected chi connectivity index (χ2v) is 10.1. The van der Waals surface area contributed by atoms with Gasteiger partial charge in [-0.1, -0.05) is 0 Å². The molecular formula is C15H15FN4O6S2. The fourth-order valence-corrected chi connectivity index (χ4v) is 5.05. The molecule has 28 heavy (non-hydrogen) atoms. The minimum absolute atomic E-state index is 0.00333. The summed E-state index contributed by atoms with van der Waals surface area (Å²) in [5.74, 6) is -2.70. The molecule has 1 aromatic heterocycles. The number of hydrogen-bond donors (Lipinski definition) is 2. The van der Waals surface area contributed by atoms with Crippen LogP contribution < -0.4 is 9.03 Å². The van der Waals surface area contributed by atoms with Crippen molar-refractivity contribution in [2.24, 2.45) is 0 Å². The number of aromatic nitrogens is 2. The second-order valence-electron chi connectivity index (χ2n) is 6.67. The molecule has 1 saturated carbocycles. The van der Waals surface area contributed by atoms with Crippen molar-refractivity contribution in [1.82, 2.24) is 13.9 Å². The topological polar surface area (TPSA) is 139 Å². The Kier molecular flexibility index (Phi) is 3.94. The number of benzene rings is 1. The average Bonchev–Trinajstić information content (AvgIpc) is 3.24. The van der Waals surface area contributed by atoms with E-state index in [-0.39, 0.29) is 17.2 Å². The maximum atomic E-state index is 15.2. The number of phenols is 1. The minimum atomic E-state index is -4.35. The number of aromatic hydroxyl groups is 1. The summed E-state index contributed by atoms with van der Waals surface area (Å²) in [7, 11) is -8.08. The fourth-order valence-electron chi connectivity index (χ4n) is 3.07. The van der Waals surface area contributed by atoms with Crippen LogP contribution in [0, 0.1) is 5.82 Å². The van der Waals surface area contributed by atoms with E-state index in [0.717, 1.165) is 35.3 Å². The van der Waals surface area contributed by atoms with Gasteiger partial charge in [0.1, 0.15) is 18.0 Å². The highest BCUT2D eigenvalue weighted by molar-refractivity contribution is 7.92. The molecule has 4 rings (SSSR count). The highest BCUT2D eigenvalue weighted by atomic mass is 32.2. The van der Waals surface area contributed by atoms with Gasteiger partial charge in [0.25, 0.3) is 15.9 Å². The van der Waals surface area contributed by atoms with Crippen LogP contribution in [0.25, 0.3) is 11.3 Å². The summed E-state index contributed by atoms with van der Waals surface area (Å²) in [5, 5.41) is 14.0. The molecule has 0 bridgehead atoms. The van der Waals surface area contributed by atoms with Gasteiger partial charge in [0, 0.05) is 11.5 Å². The molecule has 2 aliphatic rings. The molecule has 1 aliphatic carbocycles. The van der Waals surface area contributed by atoms with Gasteiger partial charge < -0.3 is 5.11 Å². The zero-order valence-electron chi connectivity index (χ0n) is 14.5. The molecule has 1 amide bonds. The van der Waals surface area contributed by atoms with Crippen molar-refractivity contribution in [3.8, 4) is 17.0 Å². The third-order valence-corrected chi connectivity index (χ3v) is 6.75. The number of anilines is 1. The largest absolute Gasteiger partial charge is 0.506 e. The quantitative estimate of drug-likeness (QED) is 0.709. The van der Waals surface area contributed by atoms with E-state index in [1.807, 2.05) is 0 Å². The van der Waals surface area contributed by atoms with Crippen molar-refractivity contribution in [3.63, 3.8) is 0 Å². The number of halogens is 1. The first-order valence-electron chi connectivity index (χ1n) is 8.14. The number of nitrogens with zero attached hydrogens (tertiary/aromatic N) is 3. The fraction of sp³-hybridized carbons (Fsp3) is 0.333. The van der Waals surface area contributed by atoms with Crippen LogP contribution in [0.1, 0.15) is 24.5 Å². The summed E-state index contributed by atoms with van der Waals surface area (Å²) >= 11 is 0. The van der Waals surface area contributed by atoms with Gasteiger partial charge >= 0.3 is 10.2 Å². The van der Waals surface area contributed by atoms with Crippen LogP contribution in [-0.4, -0.2) is 49.8 Å². The van der Waals surface area contributed by atoms with E-state index in [4.69, 9.17) is 0 Å². The van der Waals surface area contributed by atoms with Crippen molar-refractivity contribution >= 4 is 31.8 Å². The number of amides is 1. The van der Waals surface area contributed by atoms with E-state index in [9.17, 15) is 26.7 Å². The lowest BCUT2D eigenvalue weighted by molar-refractivity contribution is -0.117. The monoisotopic (exact) mass is 430 g/mol. The van der Waals surface area contributed by atoms with Crippen LogP contribution >= 0.6 is 0 Å². The predicted octanol–water partition coefficient (Wildman–Crippen LogP) is 0.261. The molecule has 2 aromatic rings. The highest BCUT2D eigenvalue weighted by Gasteiger charge is 2.38. The van der Waals surface area contributed by atoms with Crippen LogP contribution in [0.2, 0.25) is 0 Å². The maximum Gasteiger partial charge on any atom is 0.326 e. The number of nitrogens with one attached hydrogen (secondary N) is 1. The molecular weight excluding hydrogens is 415 g/mol. The van der Waals surface area contributed by atoms with Crippen LogP contribution in [0.4, 0.5) is 10.1 Å². The Balaban J connectivity index is 1.88. The first kappa shape index (κ1) is 18.7. The van der Waals surface area contributed by atoms with Gasteiger partial charge in [-0.2, -0.15) is 17.6 Å². The van der Waals surface area contributed by atoms with Crippen LogP contribution in [0.15, 0.2) is 18.2 Å². The Morgan fingerprint density at radius 2 is 2.00 bits per heavy atom. The number of hydrogen-bond acceptors (Lipinski definition) is 7. The molecule has 0 atom stereocenters. The van der Waals surface area contributed by atoms with Gasteiger partial charge in [-0.25, -0.2) is 21.8 Å². The zero-order valence-corrected chi connectivity index (χ0v) is 16.1. The summed E-state index contributed by atoms with van der Waals surface area (Å²) in [5.41, 5.74) is -0.525. The van der Waals surface area contributed by atoms with Gasteiger partial charge in [-0.3, -0.25) is 4.79 Å². The zero-order chi connectivity index (χ0) is 20.4. The summed E-state index contributed by atoms with van der Waals surface area (Å²) in [6, 6.07) is 3.65. The van der Waals surface area contributed by atoms with Gasteiger partial charge in [0.15, 0.2) is 5.82 Å². The lowest BCUT2D eigenvalue weighted by Crippen LogP contribution is -2.30. The summed E-state index contributed by atoms with van der Waals surface area (Å²) in [6.45, 7) is -0.693. The first-order chi connectivity index (χ1) is 13.0. The predicted molar refractivity (Wildman–Crippen MR) is 95.9 cm³/mol. The molecule has 10 nitrogen and oxygen atoms in total. The third-order valence-electron chi connectivity index (χ3n) is 4.45. The Labute approximate surface area is 159 Å². The molecule has 0 spiro atoms. The minimum Gasteiger partial charge on any atom is -0.506 e. The normalized spacial score (nSPS) is 19.1. The van der Waals surface area contributed by atoms with Crippen molar-refractivity contribution in [3.05, 3.63) is 29.7 Å². The summed E-state index contributed by atoms with van der Waals surface area (Å²) in [4.78, 5) is 11.4. The van der Waals surface area contributed by atoms with Crippen molar-refractivity contribution in [2.45, 2.75) is 18.8 Å². The number of rotatable bonds is 4. The van der Waals surface area contributed by atoms with E-state index in [1.54, 1.807) is 4.72 Å². The highest BCUT2D eigenvalue weighted by Crippen LogP contribution is 2.43. The molecule has 0 unspecified atom stereocenters. The SMILES string of the molecule is CS(=O)(=O)n1nc(-c2ccc(O)c(N3CC(=O)NS3(=O)=O)c2F)cc1C1CC1. The third kappa shape index (κ3) is 2.99. The Morgan fingerprint density at radius 1 is 1.32 bits per heavy atom. The number of carbonyl (C=O) groups is 1. The van der Waals surface area contributed by atoms with Gasteiger partial charge in [-0.05, 0) is 31.0 Å². The Morgan fingerprint density at radius 3 is 2.54 bits per heavy atom.